The Bertz CT molecular complexity index is 592. The minimum atomic E-state index is -1.30. The molecular weight excluding hydrogens is 326 g/mol. The van der Waals surface area contributed by atoms with E-state index in [-0.39, 0.29) is 13.2 Å². The molecule has 0 aliphatic heterocycles. The number of pyridine rings is 1. The first-order valence-electron chi connectivity index (χ1n) is 8.09. The Morgan fingerprint density at radius 3 is 1.76 bits per heavy atom. The number of ketones is 2. The lowest BCUT2D eigenvalue weighted by molar-refractivity contribution is -0.157. The van der Waals surface area contributed by atoms with Gasteiger partial charge in [0.2, 0.25) is 0 Å². The van der Waals surface area contributed by atoms with Crippen molar-refractivity contribution < 1.29 is 28.7 Å². The van der Waals surface area contributed by atoms with Crippen molar-refractivity contribution in [1.82, 2.24) is 4.98 Å². The number of hydrogen-bond acceptors (Lipinski definition) is 7. The van der Waals surface area contributed by atoms with Crippen LogP contribution in [0.25, 0.3) is 0 Å². The van der Waals surface area contributed by atoms with Gasteiger partial charge in [-0.25, -0.2) is 0 Å². The highest BCUT2D eigenvalue weighted by atomic mass is 16.5. The molecule has 0 saturated carbocycles. The molecule has 0 aliphatic carbocycles. The van der Waals surface area contributed by atoms with Crippen LogP contribution in [0.5, 0.6) is 0 Å². The number of Topliss-reactive ketones (excluding diaryl/α,β-unsaturated/α-hetero) is 2. The summed E-state index contributed by atoms with van der Waals surface area (Å²) in [6.07, 6.45) is 2.94. The molecule has 1 heterocycles. The van der Waals surface area contributed by atoms with Crippen molar-refractivity contribution in [3.63, 3.8) is 0 Å². The van der Waals surface area contributed by atoms with Gasteiger partial charge >= 0.3 is 11.9 Å². The van der Waals surface area contributed by atoms with Crippen LogP contribution in [0.4, 0.5) is 0 Å². The van der Waals surface area contributed by atoms with Crippen molar-refractivity contribution in [3.8, 4) is 0 Å². The molecule has 7 heteroatoms. The summed E-state index contributed by atoms with van der Waals surface area (Å²) in [4.78, 5) is 53.1. The fourth-order valence-electron chi connectivity index (χ4n) is 2.75. The van der Waals surface area contributed by atoms with Gasteiger partial charge in [0, 0.05) is 18.3 Å². The third-order valence-corrected chi connectivity index (χ3v) is 3.74. The van der Waals surface area contributed by atoms with E-state index in [4.69, 9.17) is 9.47 Å². The van der Waals surface area contributed by atoms with Gasteiger partial charge in [0.15, 0.2) is 0 Å². The molecule has 2 atom stereocenters. The van der Waals surface area contributed by atoms with E-state index in [1.54, 1.807) is 26.0 Å². The van der Waals surface area contributed by atoms with Crippen LogP contribution in [0.1, 0.15) is 39.2 Å². The second-order valence-electron chi connectivity index (χ2n) is 5.49. The van der Waals surface area contributed by atoms with Crippen LogP contribution in [-0.4, -0.2) is 41.7 Å². The van der Waals surface area contributed by atoms with Crippen molar-refractivity contribution in [1.29, 1.82) is 0 Å². The summed E-state index contributed by atoms with van der Waals surface area (Å²) in [5, 5.41) is 0. The molecule has 0 radical (unpaired) electrons. The molecule has 0 amide bonds. The molecule has 0 aliphatic rings. The Hall–Kier alpha value is -2.57. The summed E-state index contributed by atoms with van der Waals surface area (Å²) in [6.45, 7) is 5.84. The van der Waals surface area contributed by atoms with Gasteiger partial charge in [-0.1, -0.05) is 6.07 Å². The maximum Gasteiger partial charge on any atom is 0.317 e. The summed E-state index contributed by atoms with van der Waals surface area (Å²) in [5.41, 5.74) is 0.420. The van der Waals surface area contributed by atoms with Crippen LogP contribution in [0.15, 0.2) is 24.5 Å². The lowest BCUT2D eigenvalue weighted by Gasteiger charge is -2.28. The largest absolute Gasteiger partial charge is 0.465 e. The number of carbonyl (C=O) groups is 4. The molecule has 1 rings (SSSR count). The van der Waals surface area contributed by atoms with Gasteiger partial charge in [0.1, 0.15) is 23.4 Å². The number of carbonyl (C=O) groups excluding carboxylic acids is 4. The van der Waals surface area contributed by atoms with Crippen LogP contribution >= 0.6 is 0 Å². The van der Waals surface area contributed by atoms with Gasteiger partial charge in [-0.3, -0.25) is 24.2 Å². The molecule has 1 aromatic heterocycles. The topological polar surface area (TPSA) is 99.6 Å². The highest BCUT2D eigenvalue weighted by molar-refractivity contribution is 6.04. The highest BCUT2D eigenvalue weighted by Gasteiger charge is 2.45. The molecule has 0 saturated heterocycles. The molecule has 0 bridgehead atoms. The first kappa shape index (κ1) is 20.5. The summed E-state index contributed by atoms with van der Waals surface area (Å²) in [7, 11) is 0. The first-order chi connectivity index (χ1) is 11.8. The van der Waals surface area contributed by atoms with Crippen LogP contribution < -0.4 is 0 Å². The Balaban J connectivity index is 3.50. The minimum Gasteiger partial charge on any atom is -0.465 e. The van der Waals surface area contributed by atoms with E-state index >= 15 is 0 Å². The quantitative estimate of drug-likeness (QED) is 0.494. The average molecular weight is 349 g/mol. The van der Waals surface area contributed by atoms with Gasteiger partial charge in [0.05, 0.1) is 13.2 Å². The second-order valence-corrected chi connectivity index (χ2v) is 5.49. The Morgan fingerprint density at radius 1 is 0.960 bits per heavy atom. The molecule has 0 N–H and O–H groups in total. The van der Waals surface area contributed by atoms with Gasteiger partial charge < -0.3 is 9.47 Å². The maximum atomic E-state index is 12.4. The van der Waals surface area contributed by atoms with E-state index in [2.05, 4.69) is 4.98 Å². The summed E-state index contributed by atoms with van der Waals surface area (Å²) >= 11 is 0. The van der Waals surface area contributed by atoms with Crippen molar-refractivity contribution >= 4 is 23.5 Å². The molecule has 0 spiro atoms. The maximum absolute atomic E-state index is 12.4. The average Bonchev–Trinajstić information content (AvgIpc) is 2.54. The van der Waals surface area contributed by atoms with Crippen LogP contribution in [-0.2, 0) is 28.7 Å². The first-order valence-corrected chi connectivity index (χ1v) is 8.09. The normalized spacial score (nSPS) is 14.1. The Morgan fingerprint density at radius 2 is 1.44 bits per heavy atom. The lowest BCUT2D eigenvalue weighted by atomic mass is 9.74. The van der Waals surface area contributed by atoms with Gasteiger partial charge in [-0.15, -0.1) is 0 Å². The van der Waals surface area contributed by atoms with E-state index in [1.807, 2.05) is 0 Å². The zero-order chi connectivity index (χ0) is 19.0. The summed E-state index contributed by atoms with van der Waals surface area (Å²) in [5.74, 6) is -6.20. The SMILES string of the molecule is CCOC(=O)C(C(C)=O)C(c1cccnc1)C(C(C)=O)C(=O)OCC. The van der Waals surface area contributed by atoms with E-state index in [0.29, 0.717) is 5.56 Å². The third-order valence-electron chi connectivity index (χ3n) is 3.74. The molecule has 7 nitrogen and oxygen atoms in total. The van der Waals surface area contributed by atoms with Crippen molar-refractivity contribution in [3.05, 3.63) is 30.1 Å². The van der Waals surface area contributed by atoms with Crippen LogP contribution in [0.2, 0.25) is 0 Å². The van der Waals surface area contributed by atoms with E-state index < -0.39 is 41.3 Å². The zero-order valence-electron chi connectivity index (χ0n) is 14.9. The third kappa shape index (κ3) is 5.20. The minimum absolute atomic E-state index is 0.0759. The molecule has 1 aromatic rings. The summed E-state index contributed by atoms with van der Waals surface area (Å²) in [6, 6.07) is 3.22. The van der Waals surface area contributed by atoms with Crippen molar-refractivity contribution in [2.45, 2.75) is 33.6 Å². The monoisotopic (exact) mass is 349 g/mol. The number of aromatic nitrogens is 1. The lowest BCUT2D eigenvalue weighted by Crippen LogP contribution is -2.40. The van der Waals surface area contributed by atoms with Crippen LogP contribution in [0.3, 0.4) is 0 Å². The van der Waals surface area contributed by atoms with E-state index in [9.17, 15) is 19.2 Å². The van der Waals surface area contributed by atoms with E-state index in [1.165, 1.54) is 26.2 Å². The standard InChI is InChI=1S/C18H23NO6/c1-5-24-17(22)14(11(3)20)16(13-8-7-9-19-10-13)15(12(4)21)18(23)25-6-2/h7-10,14-16H,5-6H2,1-4H3. The Kier molecular flexibility index (Phi) is 7.91. The fourth-order valence-corrected chi connectivity index (χ4v) is 2.75. The molecular formula is C18H23NO6. The molecule has 25 heavy (non-hydrogen) atoms. The van der Waals surface area contributed by atoms with E-state index in [0.717, 1.165) is 0 Å². The smallest absolute Gasteiger partial charge is 0.317 e. The predicted molar refractivity (Wildman–Crippen MR) is 88.6 cm³/mol. The molecule has 0 aromatic carbocycles. The van der Waals surface area contributed by atoms with Crippen molar-refractivity contribution in [2.24, 2.45) is 11.8 Å². The molecule has 2 unspecified atom stereocenters. The predicted octanol–water partition coefficient (Wildman–Crippen LogP) is 1.70. The summed E-state index contributed by atoms with van der Waals surface area (Å²) < 4.78 is 9.99. The number of hydrogen-bond donors (Lipinski definition) is 0. The second kappa shape index (κ2) is 9.66. The van der Waals surface area contributed by atoms with Crippen molar-refractivity contribution in [2.75, 3.05) is 13.2 Å². The number of esters is 2. The fraction of sp³-hybridized carbons (Fsp3) is 0.500. The molecule has 0 fully saturated rings. The number of rotatable bonds is 9. The van der Waals surface area contributed by atoms with Gasteiger partial charge in [-0.2, -0.15) is 0 Å². The highest BCUT2D eigenvalue weighted by Crippen LogP contribution is 2.35. The Labute approximate surface area is 146 Å². The van der Waals surface area contributed by atoms with Gasteiger partial charge in [0.25, 0.3) is 0 Å². The molecule has 136 valence electrons. The number of nitrogens with zero attached hydrogens (tertiary/aromatic N) is 1. The zero-order valence-corrected chi connectivity index (χ0v) is 14.9. The van der Waals surface area contributed by atoms with Gasteiger partial charge in [-0.05, 0) is 39.3 Å². The number of ether oxygens (including phenoxy) is 2. The van der Waals surface area contributed by atoms with Crippen LogP contribution in [0, 0.1) is 11.8 Å².